The van der Waals surface area contributed by atoms with Gasteiger partial charge in [-0.2, -0.15) is 0 Å². The Balaban J connectivity index is 1.49. The molecular weight excluding hydrogens is 412 g/mol. The summed E-state index contributed by atoms with van der Waals surface area (Å²) in [5, 5.41) is 10.4. The van der Waals surface area contributed by atoms with E-state index in [0.717, 1.165) is 24.0 Å². The second-order valence-electron chi connectivity index (χ2n) is 9.69. The highest BCUT2D eigenvalue weighted by molar-refractivity contribution is 5.87. The number of aryl methyl sites for hydroxylation is 2. The molecule has 1 aliphatic carbocycles. The van der Waals surface area contributed by atoms with Gasteiger partial charge in [0, 0.05) is 48.7 Å². The molecule has 0 amide bonds. The fraction of sp³-hybridized carbons (Fsp3) is 0.440. The fourth-order valence-electron chi connectivity index (χ4n) is 5.85. The number of nitrogens with zero attached hydrogens (tertiary/aromatic N) is 2. The van der Waals surface area contributed by atoms with Gasteiger partial charge < -0.3 is 10.1 Å². The number of likely N-dealkylation sites (tertiary alicyclic amines) is 1. The van der Waals surface area contributed by atoms with Gasteiger partial charge in [-0.05, 0) is 73.0 Å². The molecule has 5 nitrogen and oxygen atoms in total. The minimum Gasteiger partial charge on any atom is -0.477 e. The molecule has 0 bridgehead atoms. The van der Waals surface area contributed by atoms with Crippen LogP contribution in [0.4, 0.5) is 8.78 Å². The number of fused-ring (bicyclic) bond motifs is 1. The van der Waals surface area contributed by atoms with Crippen LogP contribution in [-0.2, 0) is 6.54 Å². The Morgan fingerprint density at radius 3 is 2.69 bits per heavy atom. The first-order chi connectivity index (χ1) is 15.2. The Morgan fingerprint density at radius 1 is 1.25 bits per heavy atom. The van der Waals surface area contributed by atoms with Gasteiger partial charge in [-0.1, -0.05) is 12.1 Å². The molecule has 3 heterocycles. The Bertz CT molecular complexity index is 1180. The Labute approximate surface area is 185 Å². The van der Waals surface area contributed by atoms with E-state index in [1.807, 2.05) is 6.20 Å². The van der Waals surface area contributed by atoms with Crippen molar-refractivity contribution in [1.29, 1.82) is 0 Å². The third-order valence-electron chi connectivity index (χ3n) is 7.39. The molecule has 7 heteroatoms. The maximum absolute atomic E-state index is 13.8. The standard InChI is InChI=1S/C25H27F2N3O2/c1-15-9-16(2)22-18(5-7-28-22)19(15)12-30-8-6-24(13-25(26,27)14-24)10-21(30)17-3-4-20(23(31)32)29-11-17/h3-5,7,9,11,21,28H,6,8,10,12-14H2,1-2H3,(H,31,32)/t21-/m0/s1. The second kappa shape index (κ2) is 7.37. The van der Waals surface area contributed by atoms with E-state index in [9.17, 15) is 18.7 Å². The first-order valence-corrected chi connectivity index (χ1v) is 11.0. The summed E-state index contributed by atoms with van der Waals surface area (Å²) in [6.07, 6.45) is 4.82. The van der Waals surface area contributed by atoms with E-state index in [1.165, 1.54) is 28.1 Å². The van der Waals surface area contributed by atoms with Crippen LogP contribution in [0, 0.1) is 19.3 Å². The molecule has 168 valence electrons. The number of aromatic amines is 1. The zero-order chi connectivity index (χ0) is 22.7. The Kier molecular flexibility index (Phi) is 4.85. The predicted molar refractivity (Wildman–Crippen MR) is 118 cm³/mol. The van der Waals surface area contributed by atoms with E-state index < -0.39 is 11.9 Å². The number of rotatable bonds is 4. The number of carbonyl (C=O) groups is 1. The van der Waals surface area contributed by atoms with Crippen LogP contribution < -0.4 is 0 Å². The average Bonchev–Trinajstić information content (AvgIpc) is 3.21. The van der Waals surface area contributed by atoms with Gasteiger partial charge in [0.1, 0.15) is 5.69 Å². The zero-order valence-corrected chi connectivity index (χ0v) is 18.3. The van der Waals surface area contributed by atoms with Crippen molar-refractivity contribution < 1.29 is 18.7 Å². The van der Waals surface area contributed by atoms with Crippen LogP contribution in [0.25, 0.3) is 10.9 Å². The van der Waals surface area contributed by atoms with Crippen molar-refractivity contribution in [1.82, 2.24) is 14.9 Å². The van der Waals surface area contributed by atoms with E-state index in [2.05, 4.69) is 40.8 Å². The third kappa shape index (κ3) is 3.58. The SMILES string of the molecule is Cc1cc(C)c2[nH]ccc2c1CN1CCC2(C[C@H]1c1ccc(C(=O)O)nc1)CC(F)(F)C2. The summed E-state index contributed by atoms with van der Waals surface area (Å²) in [6.45, 7) is 5.64. The Hall–Kier alpha value is -2.80. The predicted octanol–water partition coefficient (Wildman–Crippen LogP) is 5.63. The topological polar surface area (TPSA) is 69.2 Å². The van der Waals surface area contributed by atoms with Crippen molar-refractivity contribution in [2.24, 2.45) is 5.41 Å². The molecule has 2 aliphatic rings. The summed E-state index contributed by atoms with van der Waals surface area (Å²) >= 11 is 0. The molecule has 0 radical (unpaired) electrons. The Morgan fingerprint density at radius 2 is 2.03 bits per heavy atom. The first-order valence-electron chi connectivity index (χ1n) is 11.0. The smallest absolute Gasteiger partial charge is 0.354 e. The van der Waals surface area contributed by atoms with Crippen LogP contribution in [-0.4, -0.2) is 38.4 Å². The van der Waals surface area contributed by atoms with Gasteiger partial charge in [0.25, 0.3) is 0 Å². The molecule has 5 rings (SSSR count). The van der Waals surface area contributed by atoms with E-state index in [-0.39, 0.29) is 30.0 Å². The van der Waals surface area contributed by atoms with Gasteiger partial charge >= 0.3 is 5.97 Å². The first kappa shape index (κ1) is 21.1. The molecule has 2 aromatic heterocycles. The van der Waals surface area contributed by atoms with Crippen molar-refractivity contribution in [2.75, 3.05) is 6.54 Å². The number of aromatic carboxylic acids is 1. The van der Waals surface area contributed by atoms with E-state index in [4.69, 9.17) is 0 Å². The van der Waals surface area contributed by atoms with Gasteiger partial charge in [0.05, 0.1) is 0 Å². The monoisotopic (exact) mass is 439 g/mol. The van der Waals surface area contributed by atoms with Crippen molar-refractivity contribution in [2.45, 2.75) is 58.0 Å². The van der Waals surface area contributed by atoms with Crippen molar-refractivity contribution in [3.63, 3.8) is 0 Å². The minimum absolute atomic E-state index is 0.00981. The molecule has 2 N–H and O–H groups in total. The molecule has 2 fully saturated rings. The van der Waals surface area contributed by atoms with Crippen LogP contribution in [0.15, 0.2) is 36.7 Å². The van der Waals surface area contributed by atoms with Crippen LogP contribution in [0.3, 0.4) is 0 Å². The summed E-state index contributed by atoms with van der Waals surface area (Å²) in [5.41, 5.74) is 5.31. The number of hydrogen-bond donors (Lipinski definition) is 2. The highest BCUT2D eigenvalue weighted by atomic mass is 19.3. The number of halogens is 2. The number of aromatic nitrogens is 2. The lowest BCUT2D eigenvalue weighted by Gasteiger charge is -2.54. The van der Waals surface area contributed by atoms with E-state index in [1.54, 1.807) is 12.3 Å². The van der Waals surface area contributed by atoms with Gasteiger partial charge in [-0.15, -0.1) is 0 Å². The minimum atomic E-state index is -2.57. The number of piperidine rings is 1. The average molecular weight is 440 g/mol. The number of nitrogens with one attached hydrogen (secondary N) is 1. The summed E-state index contributed by atoms with van der Waals surface area (Å²) in [6, 6.07) is 7.50. The molecule has 3 aromatic rings. The summed E-state index contributed by atoms with van der Waals surface area (Å²) < 4.78 is 27.6. The van der Waals surface area contributed by atoms with Crippen LogP contribution in [0.1, 0.15) is 64.5 Å². The van der Waals surface area contributed by atoms with Crippen LogP contribution >= 0.6 is 0 Å². The lowest BCUT2D eigenvalue weighted by Crippen LogP contribution is -2.53. The van der Waals surface area contributed by atoms with Gasteiger partial charge in [-0.25, -0.2) is 18.6 Å². The number of benzene rings is 1. The molecule has 32 heavy (non-hydrogen) atoms. The van der Waals surface area contributed by atoms with Gasteiger partial charge in [-0.3, -0.25) is 4.90 Å². The molecule has 1 atom stereocenters. The second-order valence-corrected chi connectivity index (χ2v) is 9.69. The molecule has 1 spiro atoms. The fourth-order valence-corrected chi connectivity index (χ4v) is 5.85. The number of hydrogen-bond acceptors (Lipinski definition) is 3. The lowest BCUT2D eigenvalue weighted by molar-refractivity contribution is -0.186. The normalized spacial score (nSPS) is 22.2. The van der Waals surface area contributed by atoms with Crippen molar-refractivity contribution in [3.8, 4) is 0 Å². The number of H-pyrrole nitrogens is 1. The summed E-state index contributed by atoms with van der Waals surface area (Å²) in [7, 11) is 0. The number of pyridine rings is 1. The van der Waals surface area contributed by atoms with Crippen molar-refractivity contribution >= 4 is 16.9 Å². The molecule has 1 saturated carbocycles. The maximum atomic E-state index is 13.8. The van der Waals surface area contributed by atoms with Crippen LogP contribution in [0.2, 0.25) is 0 Å². The van der Waals surface area contributed by atoms with E-state index >= 15 is 0 Å². The number of carboxylic acid groups (broad SMARTS) is 1. The maximum Gasteiger partial charge on any atom is 0.354 e. The number of alkyl halides is 2. The third-order valence-corrected chi connectivity index (χ3v) is 7.39. The van der Waals surface area contributed by atoms with Gasteiger partial charge in [0.2, 0.25) is 5.92 Å². The van der Waals surface area contributed by atoms with Gasteiger partial charge in [0.15, 0.2) is 0 Å². The molecular formula is C25H27F2N3O2. The quantitative estimate of drug-likeness (QED) is 0.553. The number of carboxylic acids is 1. The van der Waals surface area contributed by atoms with Crippen molar-refractivity contribution in [3.05, 3.63) is 64.6 Å². The van der Waals surface area contributed by atoms with Crippen LogP contribution in [0.5, 0.6) is 0 Å². The molecule has 0 unspecified atom stereocenters. The largest absolute Gasteiger partial charge is 0.477 e. The highest BCUT2D eigenvalue weighted by Crippen LogP contribution is 2.60. The molecule has 1 aliphatic heterocycles. The molecule has 1 aromatic carbocycles. The summed E-state index contributed by atoms with van der Waals surface area (Å²) in [4.78, 5) is 21.0. The zero-order valence-electron chi connectivity index (χ0n) is 18.3. The highest BCUT2D eigenvalue weighted by Gasteiger charge is 2.58. The lowest BCUT2D eigenvalue weighted by atomic mass is 9.59. The summed E-state index contributed by atoms with van der Waals surface area (Å²) in [5.74, 6) is -3.64. The van der Waals surface area contributed by atoms with E-state index in [0.29, 0.717) is 13.0 Å². The molecule has 1 saturated heterocycles.